The molecule has 13 heavy (non-hydrogen) atoms. The van der Waals surface area contributed by atoms with Gasteiger partial charge in [-0.3, -0.25) is 20.7 Å². The molecule has 0 aromatic carbocycles. The van der Waals surface area contributed by atoms with Gasteiger partial charge >= 0.3 is 5.56 Å². The number of rotatable bonds is 0. The molecular formula is C5H5N7O. The SMILES string of the molecule is O=c1c2c(nc3nc[nH]n13)NNN2. The predicted octanol–water partition coefficient (Wildman–Crippen LogP) is -1.33. The number of hydrogen-bond acceptors (Lipinski definition) is 6. The highest BCUT2D eigenvalue weighted by Gasteiger charge is 2.17. The Labute approximate surface area is 70.9 Å². The van der Waals surface area contributed by atoms with E-state index in [-0.39, 0.29) is 5.56 Å². The Kier molecular flexibility index (Phi) is 0.981. The summed E-state index contributed by atoms with van der Waals surface area (Å²) in [5.74, 6) is 0.791. The van der Waals surface area contributed by atoms with Gasteiger partial charge in [-0.25, -0.2) is 4.98 Å². The predicted molar refractivity (Wildman–Crippen MR) is 44.0 cm³/mol. The molecule has 2 aromatic rings. The Morgan fingerprint density at radius 3 is 3.23 bits per heavy atom. The Bertz CT molecular complexity index is 525. The van der Waals surface area contributed by atoms with Crippen LogP contribution in [0.4, 0.5) is 11.5 Å². The van der Waals surface area contributed by atoms with E-state index in [1.54, 1.807) is 0 Å². The maximum atomic E-state index is 11.6. The van der Waals surface area contributed by atoms with Crippen LogP contribution in [0.3, 0.4) is 0 Å². The minimum absolute atomic E-state index is 0.227. The monoisotopic (exact) mass is 179 g/mol. The van der Waals surface area contributed by atoms with E-state index < -0.39 is 0 Å². The van der Waals surface area contributed by atoms with Crippen molar-refractivity contribution in [2.24, 2.45) is 0 Å². The van der Waals surface area contributed by atoms with Crippen LogP contribution < -0.4 is 21.9 Å². The number of nitrogens with zero attached hydrogens (tertiary/aromatic N) is 3. The molecule has 0 bridgehead atoms. The highest BCUT2D eigenvalue weighted by molar-refractivity contribution is 5.67. The van der Waals surface area contributed by atoms with E-state index in [0.717, 1.165) is 0 Å². The zero-order valence-electron chi connectivity index (χ0n) is 6.33. The molecule has 0 aliphatic carbocycles. The van der Waals surface area contributed by atoms with E-state index in [1.165, 1.54) is 10.8 Å². The molecule has 1 aliphatic rings. The van der Waals surface area contributed by atoms with Gasteiger partial charge in [-0.2, -0.15) is 9.50 Å². The Morgan fingerprint density at radius 1 is 1.38 bits per heavy atom. The summed E-state index contributed by atoms with van der Waals surface area (Å²) in [7, 11) is 0. The van der Waals surface area contributed by atoms with Gasteiger partial charge in [-0.1, -0.05) is 0 Å². The molecule has 8 nitrogen and oxygen atoms in total. The topological polar surface area (TPSA) is 99.1 Å². The number of nitrogens with one attached hydrogen (secondary N) is 4. The second kappa shape index (κ2) is 1.98. The molecule has 1 aliphatic heterocycles. The summed E-state index contributed by atoms with van der Waals surface area (Å²) in [6.07, 6.45) is 1.41. The molecule has 4 N–H and O–H groups in total. The van der Waals surface area contributed by atoms with E-state index in [1.807, 2.05) is 0 Å². The zero-order valence-corrected chi connectivity index (χ0v) is 6.33. The molecule has 0 saturated heterocycles. The van der Waals surface area contributed by atoms with Gasteiger partial charge in [0.05, 0.1) is 0 Å². The van der Waals surface area contributed by atoms with Crippen LogP contribution in [0.2, 0.25) is 0 Å². The second-order valence-electron chi connectivity index (χ2n) is 2.54. The number of aromatic amines is 1. The molecule has 0 unspecified atom stereocenters. The van der Waals surface area contributed by atoms with Crippen molar-refractivity contribution in [3.63, 3.8) is 0 Å². The van der Waals surface area contributed by atoms with Crippen molar-refractivity contribution in [1.82, 2.24) is 25.1 Å². The van der Waals surface area contributed by atoms with Crippen molar-refractivity contribution in [3.05, 3.63) is 16.7 Å². The van der Waals surface area contributed by atoms with Crippen molar-refractivity contribution in [2.75, 3.05) is 10.9 Å². The molecule has 0 saturated carbocycles. The lowest BCUT2D eigenvalue weighted by Crippen LogP contribution is -2.22. The van der Waals surface area contributed by atoms with Gasteiger partial charge in [0.1, 0.15) is 6.33 Å². The average Bonchev–Trinajstić information content (AvgIpc) is 2.71. The summed E-state index contributed by atoms with van der Waals surface area (Å²) in [6.45, 7) is 0. The van der Waals surface area contributed by atoms with Gasteiger partial charge in [-0.15, -0.1) is 5.53 Å². The first-order chi connectivity index (χ1) is 6.36. The summed E-state index contributed by atoms with van der Waals surface area (Å²) >= 11 is 0. The van der Waals surface area contributed by atoms with E-state index in [0.29, 0.717) is 17.3 Å². The smallest absolute Gasteiger partial charge is 0.296 e. The Morgan fingerprint density at radius 2 is 2.31 bits per heavy atom. The van der Waals surface area contributed by atoms with Gasteiger partial charge in [0, 0.05) is 0 Å². The molecule has 0 radical (unpaired) electrons. The largest absolute Gasteiger partial charge is 0.301 e. The number of H-pyrrole nitrogens is 1. The molecule has 0 fully saturated rings. The summed E-state index contributed by atoms with van der Waals surface area (Å²) < 4.78 is 1.25. The number of hydrazine groups is 2. The quantitative estimate of drug-likeness (QED) is 0.400. The molecule has 3 heterocycles. The van der Waals surface area contributed by atoms with E-state index in [4.69, 9.17) is 0 Å². The lowest BCUT2D eigenvalue weighted by molar-refractivity contribution is 0.905. The standard InChI is InChI=1S/C5H5N7O/c13-4-2-3(10-11-9-2)8-5-6-1-7-12(4)5/h1,9-11H,(H,6,7,8). The van der Waals surface area contributed by atoms with Gasteiger partial charge in [0.15, 0.2) is 11.5 Å². The summed E-state index contributed by atoms with van der Waals surface area (Å²) in [4.78, 5) is 19.5. The van der Waals surface area contributed by atoms with Crippen LogP contribution in [0.5, 0.6) is 0 Å². The van der Waals surface area contributed by atoms with Crippen molar-refractivity contribution in [3.8, 4) is 0 Å². The van der Waals surface area contributed by atoms with Crippen LogP contribution in [-0.2, 0) is 0 Å². The normalized spacial score (nSPS) is 13.8. The number of aromatic nitrogens is 4. The highest BCUT2D eigenvalue weighted by Crippen LogP contribution is 2.15. The van der Waals surface area contributed by atoms with E-state index in [2.05, 4.69) is 31.5 Å². The van der Waals surface area contributed by atoms with E-state index in [9.17, 15) is 4.79 Å². The van der Waals surface area contributed by atoms with E-state index >= 15 is 0 Å². The Balaban J connectivity index is 2.53. The van der Waals surface area contributed by atoms with Gasteiger partial charge in [0.2, 0.25) is 0 Å². The fraction of sp³-hybridized carbons (Fsp3) is 0. The molecule has 2 aromatic heterocycles. The summed E-state index contributed by atoms with van der Waals surface area (Å²) in [5.41, 5.74) is 8.05. The van der Waals surface area contributed by atoms with Crippen LogP contribution in [0, 0.1) is 0 Å². The third kappa shape index (κ3) is 0.693. The van der Waals surface area contributed by atoms with Crippen LogP contribution in [0.25, 0.3) is 5.78 Å². The first kappa shape index (κ1) is 6.43. The number of anilines is 2. The van der Waals surface area contributed by atoms with Crippen molar-refractivity contribution >= 4 is 17.3 Å². The maximum Gasteiger partial charge on any atom is 0.301 e. The molecule has 66 valence electrons. The maximum absolute atomic E-state index is 11.6. The van der Waals surface area contributed by atoms with Crippen LogP contribution >= 0.6 is 0 Å². The zero-order chi connectivity index (χ0) is 8.84. The summed E-state index contributed by atoms with van der Waals surface area (Å²) in [6, 6.07) is 0. The van der Waals surface area contributed by atoms with Gasteiger partial charge < -0.3 is 0 Å². The second-order valence-corrected chi connectivity index (χ2v) is 2.54. The first-order valence-corrected chi connectivity index (χ1v) is 3.59. The molecule has 3 rings (SSSR count). The van der Waals surface area contributed by atoms with Crippen molar-refractivity contribution in [2.45, 2.75) is 0 Å². The minimum Gasteiger partial charge on any atom is -0.296 e. The number of hydrogen-bond donors (Lipinski definition) is 4. The third-order valence-electron chi connectivity index (χ3n) is 1.80. The first-order valence-electron chi connectivity index (χ1n) is 3.59. The highest BCUT2D eigenvalue weighted by atomic mass is 16.1. The van der Waals surface area contributed by atoms with Gasteiger partial charge in [0.25, 0.3) is 5.78 Å². The van der Waals surface area contributed by atoms with Gasteiger partial charge in [-0.05, 0) is 0 Å². The molecule has 8 heteroatoms. The Hall–Kier alpha value is -2.09. The number of fused-ring (bicyclic) bond motifs is 2. The lowest BCUT2D eigenvalue weighted by Gasteiger charge is -1.94. The average molecular weight is 179 g/mol. The minimum atomic E-state index is -0.227. The summed E-state index contributed by atoms with van der Waals surface area (Å²) in [5, 5.41) is 2.65. The van der Waals surface area contributed by atoms with Crippen molar-refractivity contribution in [1.29, 1.82) is 0 Å². The van der Waals surface area contributed by atoms with Crippen LogP contribution in [0.1, 0.15) is 0 Å². The molecular weight excluding hydrogens is 174 g/mol. The van der Waals surface area contributed by atoms with Crippen molar-refractivity contribution < 1.29 is 0 Å². The molecule has 0 atom stereocenters. The fourth-order valence-corrected chi connectivity index (χ4v) is 1.21. The lowest BCUT2D eigenvalue weighted by atomic mass is 10.5. The van der Waals surface area contributed by atoms with Crippen LogP contribution in [-0.4, -0.2) is 19.6 Å². The fourth-order valence-electron chi connectivity index (χ4n) is 1.21. The molecule has 0 amide bonds. The molecule has 0 spiro atoms. The third-order valence-corrected chi connectivity index (χ3v) is 1.80. The van der Waals surface area contributed by atoms with Crippen LogP contribution in [0.15, 0.2) is 11.1 Å².